The summed E-state index contributed by atoms with van der Waals surface area (Å²) >= 11 is 3.37. The maximum Gasteiger partial charge on any atom is 0.309 e. The Morgan fingerprint density at radius 1 is 1.55 bits per heavy atom. The van der Waals surface area contributed by atoms with E-state index >= 15 is 0 Å². The number of carbonyl (C=O) groups excluding carboxylic acids is 2. The van der Waals surface area contributed by atoms with Crippen molar-refractivity contribution in [3.05, 3.63) is 0 Å². The molecule has 0 heterocycles. The number of hydrogen-bond acceptors (Lipinski definition) is 4. The summed E-state index contributed by atoms with van der Waals surface area (Å²) in [4.78, 5) is 24.2. The fourth-order valence-corrected chi connectivity index (χ4v) is 3.22. The van der Waals surface area contributed by atoms with E-state index in [1.807, 2.05) is 0 Å². The molecule has 0 bridgehead atoms. The van der Waals surface area contributed by atoms with Crippen LogP contribution in [0.5, 0.6) is 0 Å². The molecule has 0 radical (unpaired) electrons. The van der Waals surface area contributed by atoms with Crippen molar-refractivity contribution in [3.8, 4) is 6.07 Å². The van der Waals surface area contributed by atoms with Crippen LogP contribution in [0, 0.1) is 29.1 Å². The second-order valence-electron chi connectivity index (χ2n) is 5.17. The van der Waals surface area contributed by atoms with Crippen molar-refractivity contribution in [1.29, 1.82) is 5.26 Å². The van der Waals surface area contributed by atoms with Gasteiger partial charge in [-0.3, -0.25) is 9.59 Å². The van der Waals surface area contributed by atoms with Crippen LogP contribution in [0.3, 0.4) is 0 Å². The lowest BCUT2D eigenvalue weighted by Gasteiger charge is -2.26. The van der Waals surface area contributed by atoms with Crippen LogP contribution in [0.15, 0.2) is 0 Å². The monoisotopic (exact) mass is 343 g/mol. The number of esters is 1. The Morgan fingerprint density at radius 3 is 2.90 bits per heavy atom. The van der Waals surface area contributed by atoms with Crippen molar-refractivity contribution in [2.24, 2.45) is 17.8 Å². The lowest BCUT2D eigenvalue weighted by Crippen LogP contribution is -2.33. The number of Topliss-reactive ketones (excluding diaryl/α,β-unsaturated/α-hetero) is 1. The number of alkyl halides is 1. The molecule has 0 spiro atoms. The van der Waals surface area contributed by atoms with Crippen LogP contribution in [0.25, 0.3) is 0 Å². The summed E-state index contributed by atoms with van der Waals surface area (Å²) < 4.78 is 5.15. The maximum absolute atomic E-state index is 12.2. The molecule has 5 heteroatoms. The Hall–Kier alpha value is -0.890. The zero-order valence-corrected chi connectivity index (χ0v) is 13.5. The van der Waals surface area contributed by atoms with Crippen molar-refractivity contribution < 1.29 is 14.3 Å². The minimum absolute atomic E-state index is 0.0110. The standard InChI is InChI=1S/C15H22BrNO3/c1-2-20-15(19)12(7-5-9-16)11-6-3-4-8-14(18)13(11)10-17/h11-13H,2-9H2,1H3. The normalized spacial score (nSPS) is 24.6. The molecule has 1 aliphatic rings. The topological polar surface area (TPSA) is 67.2 Å². The van der Waals surface area contributed by atoms with E-state index in [1.54, 1.807) is 6.92 Å². The first-order chi connectivity index (χ1) is 9.65. The molecule has 0 aromatic carbocycles. The highest BCUT2D eigenvalue weighted by Crippen LogP contribution is 2.35. The predicted octanol–water partition coefficient (Wildman–Crippen LogP) is 3.24. The van der Waals surface area contributed by atoms with Gasteiger partial charge in [-0.1, -0.05) is 22.4 Å². The van der Waals surface area contributed by atoms with Gasteiger partial charge in [0.1, 0.15) is 11.7 Å². The van der Waals surface area contributed by atoms with Gasteiger partial charge in [-0.15, -0.1) is 0 Å². The molecule has 3 unspecified atom stereocenters. The van der Waals surface area contributed by atoms with E-state index in [-0.39, 0.29) is 23.6 Å². The zero-order chi connectivity index (χ0) is 15.0. The number of nitriles is 1. The summed E-state index contributed by atoms with van der Waals surface area (Å²) in [6.45, 7) is 2.11. The molecule has 4 nitrogen and oxygen atoms in total. The quantitative estimate of drug-likeness (QED) is 0.421. The molecular formula is C15H22BrNO3. The van der Waals surface area contributed by atoms with E-state index in [2.05, 4.69) is 22.0 Å². The second-order valence-corrected chi connectivity index (χ2v) is 5.97. The average molecular weight is 344 g/mol. The highest BCUT2D eigenvalue weighted by molar-refractivity contribution is 9.09. The van der Waals surface area contributed by atoms with Gasteiger partial charge in [0.05, 0.1) is 18.6 Å². The summed E-state index contributed by atoms with van der Waals surface area (Å²) in [5, 5.41) is 10.1. The summed E-state index contributed by atoms with van der Waals surface area (Å²) in [5.41, 5.74) is 0. The molecule has 0 N–H and O–H groups in total. The van der Waals surface area contributed by atoms with Gasteiger partial charge in [0.15, 0.2) is 0 Å². The van der Waals surface area contributed by atoms with Gasteiger partial charge in [-0.05, 0) is 38.5 Å². The first kappa shape index (κ1) is 17.2. The van der Waals surface area contributed by atoms with Gasteiger partial charge in [0.2, 0.25) is 0 Å². The molecule has 1 rings (SSSR count). The van der Waals surface area contributed by atoms with Gasteiger partial charge >= 0.3 is 5.97 Å². The smallest absolute Gasteiger partial charge is 0.309 e. The third-order valence-electron chi connectivity index (χ3n) is 3.88. The van der Waals surface area contributed by atoms with Crippen molar-refractivity contribution in [2.75, 3.05) is 11.9 Å². The van der Waals surface area contributed by atoms with Crippen LogP contribution >= 0.6 is 15.9 Å². The zero-order valence-electron chi connectivity index (χ0n) is 11.9. The molecule has 0 aromatic heterocycles. The summed E-state index contributed by atoms with van der Waals surface area (Å²) in [5.74, 6) is -1.44. The van der Waals surface area contributed by atoms with Gasteiger partial charge < -0.3 is 4.74 Å². The molecule has 1 saturated carbocycles. The molecule has 0 amide bonds. The van der Waals surface area contributed by atoms with E-state index in [9.17, 15) is 14.9 Å². The summed E-state index contributed by atoms with van der Waals surface area (Å²) in [7, 11) is 0. The third kappa shape index (κ3) is 4.59. The lowest BCUT2D eigenvalue weighted by molar-refractivity contribution is -0.151. The minimum atomic E-state index is -0.651. The van der Waals surface area contributed by atoms with Crippen LogP contribution < -0.4 is 0 Å². The molecule has 112 valence electrons. The van der Waals surface area contributed by atoms with E-state index in [0.29, 0.717) is 19.4 Å². The van der Waals surface area contributed by atoms with Gasteiger partial charge in [-0.25, -0.2) is 0 Å². The second kappa shape index (κ2) is 9.12. The van der Waals surface area contributed by atoms with Crippen molar-refractivity contribution in [1.82, 2.24) is 0 Å². The Bertz CT molecular complexity index is 378. The Balaban J connectivity index is 2.92. The van der Waals surface area contributed by atoms with Crippen molar-refractivity contribution >= 4 is 27.7 Å². The van der Waals surface area contributed by atoms with Crippen LogP contribution in [0.2, 0.25) is 0 Å². The molecule has 20 heavy (non-hydrogen) atoms. The molecule has 0 aliphatic heterocycles. The number of nitrogens with zero attached hydrogens (tertiary/aromatic N) is 1. The van der Waals surface area contributed by atoms with Crippen LogP contribution in [0.4, 0.5) is 0 Å². The van der Waals surface area contributed by atoms with Gasteiger partial charge in [0.25, 0.3) is 0 Å². The Morgan fingerprint density at radius 2 is 2.30 bits per heavy atom. The number of ether oxygens (including phenoxy) is 1. The number of carbonyl (C=O) groups is 2. The van der Waals surface area contributed by atoms with Crippen molar-refractivity contribution in [2.45, 2.75) is 45.4 Å². The number of halogens is 1. The van der Waals surface area contributed by atoms with Crippen LogP contribution in [0.1, 0.15) is 45.4 Å². The first-order valence-corrected chi connectivity index (χ1v) is 8.42. The van der Waals surface area contributed by atoms with Gasteiger partial charge in [-0.2, -0.15) is 5.26 Å². The fraction of sp³-hybridized carbons (Fsp3) is 0.800. The Kier molecular flexibility index (Phi) is 7.83. The van der Waals surface area contributed by atoms with Gasteiger partial charge in [0, 0.05) is 11.8 Å². The number of rotatable bonds is 6. The molecule has 0 saturated heterocycles. The average Bonchev–Trinajstić information content (AvgIpc) is 2.61. The highest BCUT2D eigenvalue weighted by Gasteiger charge is 2.39. The number of hydrogen-bond donors (Lipinski definition) is 0. The molecule has 1 fully saturated rings. The molecule has 1 aliphatic carbocycles. The highest BCUT2D eigenvalue weighted by atomic mass is 79.9. The maximum atomic E-state index is 12.2. The van der Waals surface area contributed by atoms with Crippen LogP contribution in [-0.4, -0.2) is 23.7 Å². The van der Waals surface area contributed by atoms with E-state index in [0.717, 1.165) is 31.0 Å². The Labute approximate surface area is 129 Å². The van der Waals surface area contributed by atoms with Crippen molar-refractivity contribution in [3.63, 3.8) is 0 Å². The van der Waals surface area contributed by atoms with E-state index < -0.39 is 5.92 Å². The minimum Gasteiger partial charge on any atom is -0.466 e. The van der Waals surface area contributed by atoms with Crippen LogP contribution in [-0.2, 0) is 14.3 Å². The lowest BCUT2D eigenvalue weighted by atomic mass is 9.76. The SMILES string of the molecule is CCOC(=O)C(CCCBr)C1CCCCC(=O)C1C#N. The predicted molar refractivity (Wildman–Crippen MR) is 79.2 cm³/mol. The molecule has 3 atom stereocenters. The third-order valence-corrected chi connectivity index (χ3v) is 4.44. The molecule has 0 aromatic rings. The largest absolute Gasteiger partial charge is 0.466 e. The van der Waals surface area contributed by atoms with E-state index in [4.69, 9.17) is 4.74 Å². The van der Waals surface area contributed by atoms with E-state index in [1.165, 1.54) is 0 Å². The summed E-state index contributed by atoms with van der Waals surface area (Å²) in [6, 6.07) is 2.13. The fourth-order valence-electron chi connectivity index (χ4n) is 2.89. The number of ketones is 1. The molecular weight excluding hydrogens is 322 g/mol. The summed E-state index contributed by atoms with van der Waals surface area (Å²) in [6.07, 6.45) is 4.45. The first-order valence-electron chi connectivity index (χ1n) is 7.30.